The van der Waals surface area contributed by atoms with Crippen LogP contribution in [0.15, 0.2) is 18.2 Å². The first-order valence-electron chi connectivity index (χ1n) is 4.96. The van der Waals surface area contributed by atoms with E-state index in [0.717, 1.165) is 16.7 Å². The largest absolute Gasteiger partial charge is 0.474 e. The Morgan fingerprint density at radius 3 is 2.44 bits per heavy atom. The summed E-state index contributed by atoms with van der Waals surface area (Å²) in [6.45, 7) is 4.25. The first-order valence-corrected chi connectivity index (χ1v) is 4.96. The molecular formula is C12H15NO3. The molecule has 0 bridgehead atoms. The summed E-state index contributed by atoms with van der Waals surface area (Å²) in [5, 5.41) is 8.55. The van der Waals surface area contributed by atoms with Crippen LogP contribution in [0.1, 0.15) is 16.7 Å². The summed E-state index contributed by atoms with van der Waals surface area (Å²) in [6.07, 6.45) is 0. The second-order valence-corrected chi connectivity index (χ2v) is 3.90. The molecule has 1 N–H and O–H groups in total. The number of likely N-dealkylation sites (N-methyl/N-ethyl adjacent to an activating group) is 1. The number of carbonyl (C=O) groups is 2. The Kier molecular flexibility index (Phi) is 3.66. The van der Waals surface area contributed by atoms with Crippen molar-refractivity contribution in [2.24, 2.45) is 0 Å². The molecule has 1 aromatic carbocycles. The van der Waals surface area contributed by atoms with Crippen LogP contribution in [-0.2, 0) is 16.1 Å². The van der Waals surface area contributed by atoms with Gasteiger partial charge in [-0.1, -0.05) is 23.8 Å². The van der Waals surface area contributed by atoms with Gasteiger partial charge in [0.05, 0.1) is 0 Å². The van der Waals surface area contributed by atoms with Gasteiger partial charge in [0.1, 0.15) is 0 Å². The second-order valence-electron chi connectivity index (χ2n) is 3.90. The van der Waals surface area contributed by atoms with E-state index in [1.165, 1.54) is 11.9 Å². The standard InChI is InChI=1S/C12H15NO3/c1-8-4-5-10(9(2)6-8)7-13(3)11(14)12(15)16/h4-6H,7H2,1-3H3,(H,15,16). The molecule has 0 radical (unpaired) electrons. The minimum absolute atomic E-state index is 0.317. The minimum Gasteiger partial charge on any atom is -0.474 e. The summed E-state index contributed by atoms with van der Waals surface area (Å²) >= 11 is 0. The number of hydrogen-bond donors (Lipinski definition) is 1. The number of carbonyl (C=O) groups excluding carboxylic acids is 1. The maximum atomic E-state index is 11.2. The van der Waals surface area contributed by atoms with Crippen molar-refractivity contribution < 1.29 is 14.7 Å². The lowest BCUT2D eigenvalue weighted by Gasteiger charge is -2.16. The van der Waals surface area contributed by atoms with Gasteiger partial charge in [0.25, 0.3) is 0 Å². The highest BCUT2D eigenvalue weighted by Gasteiger charge is 2.17. The van der Waals surface area contributed by atoms with E-state index in [1.54, 1.807) is 0 Å². The SMILES string of the molecule is Cc1ccc(CN(C)C(=O)C(=O)O)c(C)c1. The fourth-order valence-corrected chi connectivity index (χ4v) is 1.51. The van der Waals surface area contributed by atoms with Crippen molar-refractivity contribution in [2.75, 3.05) is 7.05 Å². The summed E-state index contributed by atoms with van der Waals surface area (Å²) in [6, 6.07) is 5.87. The molecule has 0 saturated heterocycles. The Balaban J connectivity index is 2.81. The summed E-state index contributed by atoms with van der Waals surface area (Å²) in [4.78, 5) is 22.8. The van der Waals surface area contributed by atoms with E-state index < -0.39 is 11.9 Å². The number of aryl methyl sites for hydroxylation is 2. The number of carboxylic acid groups (broad SMARTS) is 1. The maximum absolute atomic E-state index is 11.2. The summed E-state index contributed by atoms with van der Waals surface area (Å²) in [5.41, 5.74) is 3.17. The lowest BCUT2D eigenvalue weighted by molar-refractivity contribution is -0.155. The van der Waals surface area contributed by atoms with Gasteiger partial charge in [-0.3, -0.25) is 4.79 Å². The van der Waals surface area contributed by atoms with Gasteiger partial charge in [0.15, 0.2) is 0 Å². The lowest BCUT2D eigenvalue weighted by Crippen LogP contribution is -2.32. The van der Waals surface area contributed by atoms with Crippen LogP contribution in [0, 0.1) is 13.8 Å². The Morgan fingerprint density at radius 1 is 1.31 bits per heavy atom. The number of aliphatic carboxylic acids is 1. The van der Waals surface area contributed by atoms with Crippen LogP contribution in [0.25, 0.3) is 0 Å². The van der Waals surface area contributed by atoms with Crippen LogP contribution in [0.2, 0.25) is 0 Å². The van der Waals surface area contributed by atoms with Crippen molar-refractivity contribution in [2.45, 2.75) is 20.4 Å². The number of nitrogens with zero attached hydrogens (tertiary/aromatic N) is 1. The van der Waals surface area contributed by atoms with Crippen LogP contribution < -0.4 is 0 Å². The second kappa shape index (κ2) is 4.79. The molecule has 0 spiro atoms. The monoisotopic (exact) mass is 221 g/mol. The van der Waals surface area contributed by atoms with Gasteiger partial charge >= 0.3 is 11.9 Å². The lowest BCUT2D eigenvalue weighted by atomic mass is 10.1. The average molecular weight is 221 g/mol. The fraction of sp³-hybridized carbons (Fsp3) is 0.333. The summed E-state index contributed by atoms with van der Waals surface area (Å²) < 4.78 is 0. The van der Waals surface area contributed by atoms with Crippen molar-refractivity contribution in [3.8, 4) is 0 Å². The molecule has 16 heavy (non-hydrogen) atoms. The highest BCUT2D eigenvalue weighted by Crippen LogP contribution is 2.12. The highest BCUT2D eigenvalue weighted by molar-refractivity contribution is 6.31. The van der Waals surface area contributed by atoms with Crippen molar-refractivity contribution in [3.63, 3.8) is 0 Å². The number of benzene rings is 1. The van der Waals surface area contributed by atoms with E-state index in [9.17, 15) is 9.59 Å². The van der Waals surface area contributed by atoms with Gasteiger partial charge in [0, 0.05) is 13.6 Å². The van der Waals surface area contributed by atoms with Gasteiger partial charge in [0.2, 0.25) is 0 Å². The smallest absolute Gasteiger partial charge is 0.394 e. The number of amides is 1. The van der Waals surface area contributed by atoms with Crippen molar-refractivity contribution in [3.05, 3.63) is 34.9 Å². The molecule has 0 aromatic heterocycles. The van der Waals surface area contributed by atoms with Crippen LogP contribution in [0.5, 0.6) is 0 Å². The summed E-state index contributed by atoms with van der Waals surface area (Å²) in [7, 11) is 1.48. The molecule has 1 amide bonds. The van der Waals surface area contributed by atoms with E-state index in [-0.39, 0.29) is 0 Å². The van der Waals surface area contributed by atoms with Gasteiger partial charge in [-0.05, 0) is 25.0 Å². The van der Waals surface area contributed by atoms with E-state index in [4.69, 9.17) is 5.11 Å². The zero-order valence-electron chi connectivity index (χ0n) is 9.65. The zero-order valence-corrected chi connectivity index (χ0v) is 9.65. The van der Waals surface area contributed by atoms with Crippen LogP contribution >= 0.6 is 0 Å². The Morgan fingerprint density at radius 2 is 1.94 bits per heavy atom. The van der Waals surface area contributed by atoms with Crippen molar-refractivity contribution >= 4 is 11.9 Å². The van der Waals surface area contributed by atoms with Crippen LogP contribution in [0.4, 0.5) is 0 Å². The number of carboxylic acids is 1. The van der Waals surface area contributed by atoms with E-state index in [1.807, 2.05) is 32.0 Å². The molecule has 1 aromatic rings. The molecule has 0 fully saturated rings. The Bertz CT molecular complexity index is 426. The van der Waals surface area contributed by atoms with Gasteiger partial charge in [-0.25, -0.2) is 4.79 Å². The minimum atomic E-state index is -1.42. The molecule has 0 saturated carbocycles. The third kappa shape index (κ3) is 2.82. The van der Waals surface area contributed by atoms with Crippen molar-refractivity contribution in [1.29, 1.82) is 0 Å². The van der Waals surface area contributed by atoms with Gasteiger partial charge < -0.3 is 10.0 Å². The highest BCUT2D eigenvalue weighted by atomic mass is 16.4. The van der Waals surface area contributed by atoms with E-state index >= 15 is 0 Å². The molecule has 1 rings (SSSR count). The summed E-state index contributed by atoms with van der Waals surface area (Å²) in [5.74, 6) is -2.31. The molecule has 4 heteroatoms. The van der Waals surface area contributed by atoms with Gasteiger partial charge in [-0.15, -0.1) is 0 Å². The quantitative estimate of drug-likeness (QED) is 0.767. The molecule has 0 aliphatic rings. The van der Waals surface area contributed by atoms with Gasteiger partial charge in [-0.2, -0.15) is 0 Å². The first kappa shape index (κ1) is 12.2. The molecule has 0 atom stereocenters. The number of rotatable bonds is 2. The third-order valence-electron chi connectivity index (χ3n) is 2.44. The molecular weight excluding hydrogens is 206 g/mol. The molecule has 0 unspecified atom stereocenters. The Labute approximate surface area is 94.5 Å². The predicted octanol–water partition coefficient (Wildman–Crippen LogP) is 1.35. The normalized spacial score (nSPS) is 9.94. The zero-order chi connectivity index (χ0) is 12.3. The maximum Gasteiger partial charge on any atom is 0.394 e. The fourth-order valence-electron chi connectivity index (χ4n) is 1.51. The van der Waals surface area contributed by atoms with E-state index in [0.29, 0.717) is 6.54 Å². The number of hydrogen-bond acceptors (Lipinski definition) is 2. The molecule has 86 valence electrons. The Hall–Kier alpha value is -1.84. The van der Waals surface area contributed by atoms with Crippen molar-refractivity contribution in [1.82, 2.24) is 4.90 Å². The molecule has 0 aliphatic carbocycles. The molecule has 4 nitrogen and oxygen atoms in total. The van der Waals surface area contributed by atoms with Crippen LogP contribution in [-0.4, -0.2) is 28.9 Å². The third-order valence-corrected chi connectivity index (χ3v) is 2.44. The van der Waals surface area contributed by atoms with Crippen LogP contribution in [0.3, 0.4) is 0 Å². The average Bonchev–Trinajstić information content (AvgIpc) is 2.20. The van der Waals surface area contributed by atoms with E-state index in [2.05, 4.69) is 0 Å². The first-order chi connectivity index (χ1) is 7.41. The topological polar surface area (TPSA) is 57.6 Å². The molecule has 0 aliphatic heterocycles. The predicted molar refractivity (Wildman–Crippen MR) is 60.0 cm³/mol. The molecule has 0 heterocycles.